The fourth-order valence-corrected chi connectivity index (χ4v) is 6.30. The predicted molar refractivity (Wildman–Crippen MR) is 92.2 cm³/mol. The lowest BCUT2D eigenvalue weighted by molar-refractivity contribution is -0.120. The number of rotatable bonds is 4. The summed E-state index contributed by atoms with van der Waals surface area (Å²) in [5, 5.41) is 0. The van der Waals surface area contributed by atoms with E-state index in [1.807, 2.05) is 60.7 Å². The molecule has 23 heavy (non-hydrogen) atoms. The highest BCUT2D eigenvalue weighted by molar-refractivity contribution is 6.69. The van der Waals surface area contributed by atoms with Gasteiger partial charge < -0.3 is 9.59 Å². The van der Waals surface area contributed by atoms with Crippen LogP contribution in [0.1, 0.15) is 24.0 Å². The summed E-state index contributed by atoms with van der Waals surface area (Å²) in [4.78, 5) is 33.9. The summed E-state index contributed by atoms with van der Waals surface area (Å²) in [5.41, 5.74) is 1.48. The number of benzene rings is 2. The van der Waals surface area contributed by atoms with Crippen molar-refractivity contribution < 1.29 is 14.4 Å². The lowest BCUT2D eigenvalue weighted by Gasteiger charge is -2.38. The maximum atomic E-state index is 12.2. The summed E-state index contributed by atoms with van der Waals surface area (Å²) in [6.45, 7) is 0. The summed E-state index contributed by atoms with van der Waals surface area (Å²) in [5.74, 6) is 0.151. The van der Waals surface area contributed by atoms with Gasteiger partial charge in [0.2, 0.25) is 0 Å². The Balaban J connectivity index is 1.79. The average Bonchev–Trinajstić information content (AvgIpc) is 2.54. The van der Waals surface area contributed by atoms with Crippen molar-refractivity contribution in [3.63, 3.8) is 0 Å². The van der Waals surface area contributed by atoms with Gasteiger partial charge >= 0.3 is 8.56 Å². The molecule has 1 aliphatic rings. The molecule has 2 aromatic rings. The quantitative estimate of drug-likeness (QED) is 0.849. The first-order valence-electron chi connectivity index (χ1n) is 8.10. The van der Waals surface area contributed by atoms with Crippen LogP contribution in [0.25, 0.3) is 0 Å². The van der Waals surface area contributed by atoms with Crippen molar-refractivity contribution in [1.29, 1.82) is 0 Å². The van der Waals surface area contributed by atoms with Gasteiger partial charge in [-0.1, -0.05) is 60.7 Å². The number of hydrogen-bond acceptors (Lipinski definition) is 3. The molecule has 1 aliphatic heterocycles. The van der Waals surface area contributed by atoms with Crippen molar-refractivity contribution in [2.45, 2.75) is 36.8 Å². The molecule has 2 N–H and O–H groups in total. The third-order valence-electron chi connectivity index (χ3n) is 4.80. The van der Waals surface area contributed by atoms with E-state index in [1.54, 1.807) is 0 Å². The van der Waals surface area contributed by atoms with Crippen LogP contribution in [0.15, 0.2) is 60.7 Å². The van der Waals surface area contributed by atoms with Gasteiger partial charge in [-0.05, 0) is 24.0 Å². The fourth-order valence-electron chi connectivity index (χ4n) is 3.51. The average molecular weight is 326 g/mol. The van der Waals surface area contributed by atoms with Gasteiger partial charge in [-0.3, -0.25) is 4.79 Å². The molecular weight excluding hydrogens is 304 g/mol. The first kappa shape index (κ1) is 16.1. The van der Waals surface area contributed by atoms with Crippen molar-refractivity contribution in [3.8, 4) is 0 Å². The predicted octanol–water partition coefficient (Wildman–Crippen LogP) is 3.00. The second kappa shape index (κ2) is 6.79. The van der Waals surface area contributed by atoms with Crippen LogP contribution >= 0.6 is 0 Å². The molecule has 0 radical (unpaired) electrons. The molecule has 4 heteroatoms. The molecule has 1 heterocycles. The highest BCUT2D eigenvalue weighted by atomic mass is 28.4. The smallest absolute Gasteiger partial charge is 0.340 e. The topological polar surface area (TPSA) is 57.5 Å². The number of carbonyl (C=O) groups is 1. The van der Waals surface area contributed by atoms with Crippen LogP contribution in [0.4, 0.5) is 0 Å². The standard InChI is InChI=1S/C19H22O3Si/c20-17-13-18(11-15-7-3-1-4-8-15)23(21,22)19(14-17)12-16-9-5-2-6-10-16/h1-10,18-19,21-22H,11-14H2/t18-,19+. The van der Waals surface area contributed by atoms with Crippen molar-refractivity contribution in [2.24, 2.45) is 0 Å². The Kier molecular flexibility index (Phi) is 4.75. The first-order chi connectivity index (χ1) is 11.1. The van der Waals surface area contributed by atoms with E-state index in [0.717, 1.165) is 11.1 Å². The van der Waals surface area contributed by atoms with E-state index in [1.165, 1.54) is 0 Å². The number of ketones is 1. The number of hydrogen-bond donors (Lipinski definition) is 2. The van der Waals surface area contributed by atoms with Crippen LogP contribution in [-0.4, -0.2) is 23.9 Å². The van der Waals surface area contributed by atoms with Crippen LogP contribution in [0.3, 0.4) is 0 Å². The lowest BCUT2D eigenvalue weighted by atomic mass is 10.00. The maximum absolute atomic E-state index is 12.2. The van der Waals surface area contributed by atoms with Gasteiger partial charge in [0.25, 0.3) is 0 Å². The van der Waals surface area contributed by atoms with E-state index >= 15 is 0 Å². The lowest BCUT2D eigenvalue weighted by Crippen LogP contribution is -2.51. The zero-order valence-corrected chi connectivity index (χ0v) is 14.1. The van der Waals surface area contributed by atoms with Crippen molar-refractivity contribution >= 4 is 14.3 Å². The third-order valence-corrected chi connectivity index (χ3v) is 8.02. The van der Waals surface area contributed by atoms with E-state index < -0.39 is 8.56 Å². The SMILES string of the molecule is O=C1C[C@H](Cc2ccccc2)[Si](O)(O)[C@H](Cc2ccccc2)C1. The third kappa shape index (κ3) is 3.78. The molecule has 0 amide bonds. The second-order valence-corrected chi connectivity index (χ2v) is 9.70. The zero-order valence-electron chi connectivity index (χ0n) is 13.1. The molecular formula is C19H22O3Si. The molecule has 0 unspecified atom stereocenters. The van der Waals surface area contributed by atoms with Gasteiger partial charge in [0.05, 0.1) is 0 Å². The van der Waals surface area contributed by atoms with Crippen molar-refractivity contribution in [1.82, 2.24) is 0 Å². The van der Waals surface area contributed by atoms with Crippen LogP contribution in [0.2, 0.25) is 11.1 Å². The van der Waals surface area contributed by atoms with E-state index in [4.69, 9.17) is 0 Å². The molecule has 2 atom stereocenters. The summed E-state index contributed by atoms with van der Waals surface area (Å²) in [7, 11) is -3.48. The Morgan fingerprint density at radius 3 is 1.57 bits per heavy atom. The van der Waals surface area contributed by atoms with Crippen LogP contribution in [0, 0.1) is 0 Å². The molecule has 0 saturated carbocycles. The maximum Gasteiger partial charge on any atom is 0.340 e. The minimum Gasteiger partial charge on any atom is -0.410 e. The Morgan fingerprint density at radius 2 is 1.17 bits per heavy atom. The molecule has 0 aliphatic carbocycles. The molecule has 3 nitrogen and oxygen atoms in total. The zero-order chi connectivity index (χ0) is 16.3. The van der Waals surface area contributed by atoms with E-state index in [9.17, 15) is 14.4 Å². The molecule has 1 fully saturated rings. The second-order valence-electron chi connectivity index (χ2n) is 6.50. The van der Waals surface area contributed by atoms with Gasteiger partial charge in [-0.15, -0.1) is 0 Å². The summed E-state index contributed by atoms with van der Waals surface area (Å²) in [6, 6.07) is 19.6. The van der Waals surface area contributed by atoms with Crippen LogP contribution < -0.4 is 0 Å². The molecule has 3 rings (SSSR count). The largest absolute Gasteiger partial charge is 0.410 e. The van der Waals surface area contributed by atoms with E-state index in [2.05, 4.69) is 0 Å². The Labute approximate surface area is 137 Å². The minimum atomic E-state index is -3.48. The Hall–Kier alpha value is -1.75. The van der Waals surface area contributed by atoms with Gasteiger partial charge in [0.15, 0.2) is 0 Å². The summed E-state index contributed by atoms with van der Waals surface area (Å²) in [6.07, 6.45) is 1.72. The molecule has 0 aromatic heterocycles. The van der Waals surface area contributed by atoms with Gasteiger partial charge in [0.1, 0.15) is 5.78 Å². The summed E-state index contributed by atoms with van der Waals surface area (Å²) >= 11 is 0. The molecule has 2 aromatic carbocycles. The molecule has 0 bridgehead atoms. The van der Waals surface area contributed by atoms with E-state index in [-0.39, 0.29) is 16.9 Å². The molecule has 120 valence electrons. The monoisotopic (exact) mass is 326 g/mol. The fraction of sp³-hybridized carbons (Fsp3) is 0.316. The van der Waals surface area contributed by atoms with E-state index in [0.29, 0.717) is 25.7 Å². The molecule has 0 spiro atoms. The Morgan fingerprint density at radius 1 is 0.783 bits per heavy atom. The van der Waals surface area contributed by atoms with Gasteiger partial charge in [-0.2, -0.15) is 0 Å². The van der Waals surface area contributed by atoms with Crippen molar-refractivity contribution in [3.05, 3.63) is 71.8 Å². The Bertz CT molecular complexity index is 599. The minimum absolute atomic E-state index is 0.151. The van der Waals surface area contributed by atoms with Crippen LogP contribution in [0.5, 0.6) is 0 Å². The summed E-state index contributed by atoms with van der Waals surface area (Å²) < 4.78 is 0. The van der Waals surface area contributed by atoms with Gasteiger partial charge in [-0.25, -0.2) is 0 Å². The molecule has 1 saturated heterocycles. The van der Waals surface area contributed by atoms with Gasteiger partial charge in [0, 0.05) is 23.9 Å². The normalized spacial score (nSPS) is 23.7. The van der Waals surface area contributed by atoms with Crippen molar-refractivity contribution in [2.75, 3.05) is 0 Å². The first-order valence-corrected chi connectivity index (χ1v) is 10.1. The highest BCUT2D eigenvalue weighted by Crippen LogP contribution is 2.43. The number of Topliss-reactive ketones (excluding diaryl/α,β-unsaturated/α-hetero) is 1. The number of carbonyl (C=O) groups excluding carboxylic acids is 1. The highest BCUT2D eigenvalue weighted by Gasteiger charge is 2.51. The van der Waals surface area contributed by atoms with Crippen LogP contribution in [-0.2, 0) is 17.6 Å².